The Morgan fingerprint density at radius 2 is 1.85 bits per heavy atom. The molecule has 2 bridgehead atoms. The smallest absolute Gasteiger partial charge is 0.189 e. The average Bonchev–Trinajstić information content (AvgIpc) is 3.18. The highest BCUT2D eigenvalue weighted by molar-refractivity contribution is 7.98. The molecule has 2 aliphatic rings. The van der Waals surface area contributed by atoms with Crippen LogP contribution in [-0.4, -0.2) is 34.3 Å². The summed E-state index contributed by atoms with van der Waals surface area (Å²) in [5.41, 5.74) is 0.783. The first-order valence-electron chi connectivity index (χ1n) is 11.1. The van der Waals surface area contributed by atoms with Crippen LogP contribution in [-0.2, 0) is 0 Å². The van der Waals surface area contributed by atoms with E-state index in [4.69, 9.17) is 16.6 Å². The van der Waals surface area contributed by atoms with Gasteiger partial charge in [-0.3, -0.25) is 4.98 Å². The number of hydrogen-bond donors (Lipinski definition) is 0. The Kier molecular flexibility index (Phi) is 5.14. The number of halogens is 3. The minimum atomic E-state index is -0.549. The first-order valence-corrected chi connectivity index (χ1v) is 12.7. The third-order valence-corrected chi connectivity index (χ3v) is 7.84. The van der Waals surface area contributed by atoms with Crippen molar-refractivity contribution in [2.75, 3.05) is 24.2 Å². The molecule has 1 saturated carbocycles. The Morgan fingerprint density at radius 3 is 2.61 bits per heavy atom. The Bertz CT molecular complexity index is 1400. The fourth-order valence-electron chi connectivity index (χ4n) is 5.43. The van der Waals surface area contributed by atoms with E-state index in [0.717, 1.165) is 24.3 Å². The van der Waals surface area contributed by atoms with E-state index >= 15 is 4.39 Å². The standard InChI is InChI=1S/C25H21ClF2N4S/c1-33-25-30-23-17(24(31-25)32-11-13-5-6-14(9-13)12-32)10-29-22(21(23)28)16-4-2-3-15-7-8-18(27)20(26)19(15)16/h2-4,7-8,10,13-14H,5-6,9,11-12H2,1H3. The lowest BCUT2D eigenvalue weighted by molar-refractivity contribution is 0.419. The summed E-state index contributed by atoms with van der Waals surface area (Å²) in [5.74, 6) is 0.986. The molecule has 2 aromatic heterocycles. The van der Waals surface area contributed by atoms with Crippen LogP contribution in [0, 0.1) is 23.5 Å². The number of piperidine rings is 1. The molecule has 2 fully saturated rings. The van der Waals surface area contributed by atoms with Gasteiger partial charge in [-0.25, -0.2) is 18.7 Å². The molecule has 6 rings (SSSR count). The van der Waals surface area contributed by atoms with Gasteiger partial charge in [0.2, 0.25) is 0 Å². The minimum absolute atomic E-state index is 0.0404. The third kappa shape index (κ3) is 3.44. The maximum absolute atomic E-state index is 16.0. The maximum atomic E-state index is 16.0. The molecule has 1 saturated heterocycles. The van der Waals surface area contributed by atoms with Crippen LogP contribution in [0.1, 0.15) is 19.3 Å². The molecule has 0 N–H and O–H groups in total. The van der Waals surface area contributed by atoms with Crippen LogP contribution in [0.15, 0.2) is 41.7 Å². The van der Waals surface area contributed by atoms with Gasteiger partial charge < -0.3 is 4.90 Å². The van der Waals surface area contributed by atoms with Gasteiger partial charge >= 0.3 is 0 Å². The Hall–Kier alpha value is -2.51. The molecule has 2 unspecified atom stereocenters. The fourth-order valence-corrected chi connectivity index (χ4v) is 6.06. The number of thioether (sulfide) groups is 1. The van der Waals surface area contributed by atoms with Gasteiger partial charge in [-0.05, 0) is 48.8 Å². The molecular formula is C25H21ClF2N4S. The lowest BCUT2D eigenvalue weighted by Gasteiger charge is -2.33. The van der Waals surface area contributed by atoms with E-state index in [1.165, 1.54) is 37.1 Å². The van der Waals surface area contributed by atoms with E-state index in [1.807, 2.05) is 12.3 Å². The zero-order valence-electron chi connectivity index (χ0n) is 18.0. The zero-order valence-corrected chi connectivity index (χ0v) is 19.6. The lowest BCUT2D eigenvalue weighted by atomic mass is 9.98. The van der Waals surface area contributed by atoms with Crippen LogP contribution in [0.5, 0.6) is 0 Å². The van der Waals surface area contributed by atoms with E-state index in [-0.39, 0.29) is 16.2 Å². The number of nitrogens with zero attached hydrogens (tertiary/aromatic N) is 4. The molecule has 0 spiro atoms. The van der Waals surface area contributed by atoms with Crippen molar-refractivity contribution in [2.24, 2.45) is 11.8 Å². The van der Waals surface area contributed by atoms with Gasteiger partial charge in [-0.2, -0.15) is 0 Å². The summed E-state index contributed by atoms with van der Waals surface area (Å²) in [4.78, 5) is 16.0. The summed E-state index contributed by atoms with van der Waals surface area (Å²) in [6.07, 6.45) is 7.29. The van der Waals surface area contributed by atoms with E-state index in [0.29, 0.717) is 33.3 Å². The van der Waals surface area contributed by atoms with Crippen LogP contribution in [0.2, 0.25) is 5.02 Å². The largest absolute Gasteiger partial charge is 0.355 e. The Morgan fingerprint density at radius 1 is 1.06 bits per heavy atom. The number of aromatic nitrogens is 3. The number of anilines is 1. The van der Waals surface area contributed by atoms with Crippen LogP contribution in [0.3, 0.4) is 0 Å². The highest BCUT2D eigenvalue weighted by Gasteiger charge is 2.34. The highest BCUT2D eigenvalue weighted by Crippen LogP contribution is 2.41. The summed E-state index contributed by atoms with van der Waals surface area (Å²) in [7, 11) is 0. The van der Waals surface area contributed by atoms with Crippen LogP contribution < -0.4 is 4.90 Å². The first-order chi connectivity index (χ1) is 16.0. The van der Waals surface area contributed by atoms with Gasteiger partial charge in [0.05, 0.1) is 10.4 Å². The van der Waals surface area contributed by atoms with Gasteiger partial charge in [0.15, 0.2) is 11.0 Å². The molecule has 0 radical (unpaired) electrons. The van der Waals surface area contributed by atoms with Crippen LogP contribution >= 0.6 is 23.4 Å². The molecule has 168 valence electrons. The Balaban J connectivity index is 1.56. The fraction of sp³-hybridized carbons (Fsp3) is 0.320. The van der Waals surface area contributed by atoms with Crippen molar-refractivity contribution >= 4 is 50.9 Å². The van der Waals surface area contributed by atoms with Crippen LogP contribution in [0.25, 0.3) is 32.9 Å². The average molecular weight is 483 g/mol. The number of hydrogen-bond acceptors (Lipinski definition) is 5. The second kappa shape index (κ2) is 8.06. The summed E-state index contributed by atoms with van der Waals surface area (Å²) < 4.78 is 30.3. The quantitative estimate of drug-likeness (QED) is 0.239. The van der Waals surface area contributed by atoms with Crippen LogP contribution in [0.4, 0.5) is 14.6 Å². The van der Waals surface area contributed by atoms with Crippen molar-refractivity contribution in [1.82, 2.24) is 15.0 Å². The second-order valence-corrected chi connectivity index (χ2v) is 10.1. The van der Waals surface area contributed by atoms with Crippen molar-refractivity contribution in [3.63, 3.8) is 0 Å². The van der Waals surface area contributed by atoms with Gasteiger partial charge in [0.1, 0.15) is 22.8 Å². The predicted octanol–water partition coefficient (Wildman–Crippen LogP) is 6.73. The summed E-state index contributed by atoms with van der Waals surface area (Å²) in [6, 6.07) is 8.27. The maximum Gasteiger partial charge on any atom is 0.189 e. The Labute approximate surface area is 199 Å². The first kappa shape index (κ1) is 21.1. The number of fused-ring (bicyclic) bond motifs is 4. The van der Waals surface area contributed by atoms with Crippen molar-refractivity contribution in [3.8, 4) is 11.3 Å². The molecule has 33 heavy (non-hydrogen) atoms. The minimum Gasteiger partial charge on any atom is -0.355 e. The molecule has 1 aliphatic carbocycles. The van der Waals surface area contributed by atoms with Crippen molar-refractivity contribution in [2.45, 2.75) is 24.4 Å². The van der Waals surface area contributed by atoms with Crippen molar-refractivity contribution < 1.29 is 8.78 Å². The van der Waals surface area contributed by atoms with Gasteiger partial charge in [0, 0.05) is 30.2 Å². The molecule has 8 heteroatoms. The second-order valence-electron chi connectivity index (χ2n) is 8.93. The number of rotatable bonds is 3. The number of benzene rings is 2. The normalized spacial score (nSPS) is 20.2. The highest BCUT2D eigenvalue weighted by atomic mass is 35.5. The molecule has 2 atom stereocenters. The van der Waals surface area contributed by atoms with Gasteiger partial charge in [0.25, 0.3) is 0 Å². The molecule has 3 heterocycles. The van der Waals surface area contributed by atoms with Crippen molar-refractivity contribution in [3.05, 3.63) is 53.2 Å². The molecule has 4 aromatic rings. The molecule has 4 nitrogen and oxygen atoms in total. The lowest BCUT2D eigenvalue weighted by Crippen LogP contribution is -2.37. The summed E-state index contributed by atoms with van der Waals surface area (Å²) >= 11 is 7.69. The summed E-state index contributed by atoms with van der Waals surface area (Å²) in [5, 5.41) is 2.25. The zero-order chi connectivity index (χ0) is 22.7. The summed E-state index contributed by atoms with van der Waals surface area (Å²) in [6.45, 7) is 1.86. The molecule has 1 aliphatic heterocycles. The molecule has 0 amide bonds. The SMILES string of the molecule is CSc1nc(N2CC3CCC(C3)C2)c2cnc(-c3cccc4ccc(F)c(Cl)c34)c(F)c2n1. The van der Waals surface area contributed by atoms with Crippen molar-refractivity contribution in [1.29, 1.82) is 0 Å². The van der Waals surface area contributed by atoms with Gasteiger partial charge in [-0.1, -0.05) is 47.6 Å². The number of pyridine rings is 1. The van der Waals surface area contributed by atoms with E-state index in [1.54, 1.807) is 24.4 Å². The van der Waals surface area contributed by atoms with E-state index in [2.05, 4.69) is 14.9 Å². The molecular weight excluding hydrogens is 462 g/mol. The van der Waals surface area contributed by atoms with Gasteiger partial charge in [-0.15, -0.1) is 0 Å². The molecule has 2 aromatic carbocycles. The van der Waals surface area contributed by atoms with E-state index in [9.17, 15) is 4.39 Å². The monoisotopic (exact) mass is 482 g/mol. The predicted molar refractivity (Wildman–Crippen MR) is 130 cm³/mol. The third-order valence-electron chi connectivity index (χ3n) is 6.92. The topological polar surface area (TPSA) is 41.9 Å². The van der Waals surface area contributed by atoms with E-state index < -0.39 is 11.6 Å².